The zero-order valence-corrected chi connectivity index (χ0v) is 16.9. The molecule has 8 heteroatoms. The molecule has 4 rings (SSSR count). The molecule has 1 amide bonds. The van der Waals surface area contributed by atoms with E-state index in [0.29, 0.717) is 32.9 Å². The van der Waals surface area contributed by atoms with Crippen LogP contribution in [0.25, 0.3) is 11.0 Å². The second-order valence-corrected chi connectivity index (χ2v) is 7.21. The molecule has 0 aliphatic heterocycles. The molecule has 2 heterocycles. The number of amides is 1. The Hall–Kier alpha value is -3.35. The third-order valence-electron chi connectivity index (χ3n) is 4.23. The number of hydrogen-bond donors (Lipinski definition) is 1. The quantitative estimate of drug-likeness (QED) is 0.376. The number of benzene rings is 2. The van der Waals surface area contributed by atoms with Crippen molar-refractivity contribution in [1.82, 2.24) is 4.98 Å². The van der Waals surface area contributed by atoms with Crippen molar-refractivity contribution in [2.24, 2.45) is 0 Å². The minimum absolute atomic E-state index is 0.162. The summed E-state index contributed by atoms with van der Waals surface area (Å²) in [6, 6.07) is 15.1. The van der Waals surface area contributed by atoms with Gasteiger partial charge in [-0.3, -0.25) is 4.79 Å². The molecule has 4 aromatic rings. The maximum Gasteiger partial charge on any atom is 0.291 e. The Kier molecular flexibility index (Phi) is 5.70. The van der Waals surface area contributed by atoms with Gasteiger partial charge in [0.05, 0.1) is 16.9 Å². The first-order valence-electron chi connectivity index (χ1n) is 8.88. The van der Waals surface area contributed by atoms with Gasteiger partial charge >= 0.3 is 0 Å². The van der Waals surface area contributed by atoms with E-state index >= 15 is 0 Å². The number of hydrogen-bond acceptors (Lipinski definition) is 5. The molecule has 0 aliphatic rings. The number of aromatic nitrogens is 1. The van der Waals surface area contributed by atoms with Gasteiger partial charge in [0.1, 0.15) is 17.6 Å². The number of nitrogens with one attached hydrogen (secondary N) is 1. The average molecular weight is 441 g/mol. The summed E-state index contributed by atoms with van der Waals surface area (Å²) in [5.41, 5.74) is 1.84. The molecule has 30 heavy (non-hydrogen) atoms. The number of carbonyl (C=O) groups is 2. The lowest BCUT2D eigenvalue weighted by Gasteiger charge is -2.08. The van der Waals surface area contributed by atoms with Gasteiger partial charge in [0.15, 0.2) is 5.76 Å². The number of nitrogens with zero attached hydrogens (tertiary/aromatic N) is 1. The molecule has 2 aromatic heterocycles. The van der Waals surface area contributed by atoms with Crippen molar-refractivity contribution in [2.75, 3.05) is 5.32 Å². The zero-order valence-electron chi connectivity index (χ0n) is 15.4. The van der Waals surface area contributed by atoms with Gasteiger partial charge in [-0.1, -0.05) is 29.3 Å². The minimum atomic E-state index is -0.411. The van der Waals surface area contributed by atoms with Crippen LogP contribution in [0.1, 0.15) is 16.1 Å². The number of ether oxygens (including phenoxy) is 1. The normalized spacial score (nSPS) is 10.7. The summed E-state index contributed by atoms with van der Waals surface area (Å²) >= 11 is 12.1. The largest absolute Gasteiger partial charge is 0.451 e. The first-order valence-corrected chi connectivity index (χ1v) is 9.64. The fraction of sp³-hybridized carbons (Fsp3) is 0.0455. The third kappa shape index (κ3) is 4.45. The lowest BCUT2D eigenvalue weighted by Crippen LogP contribution is -2.10. The number of rotatable bonds is 6. The molecular formula is C22H14Cl2N2O4. The number of pyridine rings is 1. The van der Waals surface area contributed by atoms with E-state index in [1.54, 1.807) is 54.6 Å². The second kappa shape index (κ2) is 8.57. The average Bonchev–Trinajstić information content (AvgIpc) is 3.15. The monoisotopic (exact) mass is 440 g/mol. The Labute approximate surface area is 181 Å². The Morgan fingerprint density at radius 1 is 1.10 bits per heavy atom. The zero-order chi connectivity index (χ0) is 21.1. The van der Waals surface area contributed by atoms with Crippen molar-refractivity contribution in [3.8, 4) is 11.6 Å². The van der Waals surface area contributed by atoms with Crippen LogP contribution < -0.4 is 10.1 Å². The van der Waals surface area contributed by atoms with Crippen LogP contribution >= 0.6 is 23.2 Å². The summed E-state index contributed by atoms with van der Waals surface area (Å²) in [6.45, 7) is 0. The molecular weight excluding hydrogens is 427 g/mol. The second-order valence-electron chi connectivity index (χ2n) is 6.37. The fourth-order valence-electron chi connectivity index (χ4n) is 2.80. The van der Waals surface area contributed by atoms with Gasteiger partial charge in [-0.05, 0) is 48.0 Å². The van der Waals surface area contributed by atoms with Crippen molar-refractivity contribution in [3.05, 3.63) is 82.2 Å². The molecule has 0 saturated heterocycles. The smallest absolute Gasteiger partial charge is 0.291 e. The van der Waals surface area contributed by atoms with E-state index in [1.165, 1.54) is 6.20 Å². The van der Waals surface area contributed by atoms with E-state index in [9.17, 15) is 9.59 Å². The maximum atomic E-state index is 12.4. The molecule has 0 fully saturated rings. The Balaban J connectivity index is 1.44. The highest BCUT2D eigenvalue weighted by Gasteiger charge is 2.13. The lowest BCUT2D eigenvalue weighted by atomic mass is 10.2. The summed E-state index contributed by atoms with van der Waals surface area (Å²) in [5, 5.41) is 4.39. The lowest BCUT2D eigenvalue weighted by molar-refractivity contribution is -0.107. The summed E-state index contributed by atoms with van der Waals surface area (Å²) in [6.07, 6.45) is 2.55. The number of fused-ring (bicyclic) bond motifs is 1. The van der Waals surface area contributed by atoms with E-state index in [2.05, 4.69) is 10.3 Å². The van der Waals surface area contributed by atoms with Crippen molar-refractivity contribution in [3.63, 3.8) is 0 Å². The molecule has 1 N–H and O–H groups in total. The summed E-state index contributed by atoms with van der Waals surface area (Å²) in [7, 11) is 0. The number of anilines is 1. The van der Waals surface area contributed by atoms with E-state index in [-0.39, 0.29) is 12.2 Å². The standard InChI is InChI=1S/C22H14Cl2N2O4/c23-15-2-5-18-14(10-15)11-20(29-18)22(28)26-16-3-6-21(25-12-16)30-19-4-1-13(7-8-27)9-17(19)24/h1-6,8-12H,7H2,(H,26,28). The van der Waals surface area contributed by atoms with E-state index in [1.807, 2.05) is 0 Å². The van der Waals surface area contributed by atoms with Crippen LogP contribution in [0, 0.1) is 0 Å². The van der Waals surface area contributed by atoms with Crippen LogP contribution in [0.3, 0.4) is 0 Å². The van der Waals surface area contributed by atoms with Gasteiger partial charge in [-0.15, -0.1) is 0 Å². The van der Waals surface area contributed by atoms with Gasteiger partial charge in [0.2, 0.25) is 5.88 Å². The third-order valence-corrected chi connectivity index (χ3v) is 4.76. The molecule has 0 bridgehead atoms. The predicted molar refractivity (Wildman–Crippen MR) is 115 cm³/mol. The van der Waals surface area contributed by atoms with Crippen LogP contribution in [0.15, 0.2) is 65.2 Å². The summed E-state index contributed by atoms with van der Waals surface area (Å²) in [5.74, 6) is 0.467. The van der Waals surface area contributed by atoms with Gasteiger partial charge in [-0.25, -0.2) is 4.98 Å². The molecule has 0 radical (unpaired) electrons. The first-order chi connectivity index (χ1) is 14.5. The molecule has 0 atom stereocenters. The maximum absolute atomic E-state index is 12.4. The molecule has 2 aromatic carbocycles. The van der Waals surface area contributed by atoms with Crippen molar-refractivity contribution in [2.45, 2.75) is 6.42 Å². The SMILES string of the molecule is O=CCc1ccc(Oc2ccc(NC(=O)c3cc4cc(Cl)ccc4o3)cn2)c(Cl)c1. The van der Waals surface area contributed by atoms with Gasteiger partial charge in [0, 0.05) is 22.9 Å². The highest BCUT2D eigenvalue weighted by Crippen LogP contribution is 2.30. The van der Waals surface area contributed by atoms with E-state index in [0.717, 1.165) is 17.2 Å². The Morgan fingerprint density at radius 2 is 1.97 bits per heavy atom. The number of aldehydes is 1. The Bertz CT molecular complexity index is 1240. The summed E-state index contributed by atoms with van der Waals surface area (Å²) < 4.78 is 11.2. The van der Waals surface area contributed by atoms with Crippen molar-refractivity contribution in [1.29, 1.82) is 0 Å². The van der Waals surface area contributed by atoms with Gasteiger partial charge in [0.25, 0.3) is 5.91 Å². The van der Waals surface area contributed by atoms with Crippen molar-refractivity contribution < 1.29 is 18.7 Å². The Morgan fingerprint density at radius 3 is 2.70 bits per heavy atom. The van der Waals surface area contributed by atoms with Crippen LogP contribution in [0.5, 0.6) is 11.6 Å². The highest BCUT2D eigenvalue weighted by molar-refractivity contribution is 6.32. The first kappa shape index (κ1) is 19.9. The molecule has 0 saturated carbocycles. The molecule has 150 valence electrons. The molecule has 0 unspecified atom stereocenters. The van der Waals surface area contributed by atoms with Gasteiger partial charge in [-0.2, -0.15) is 0 Å². The predicted octanol–water partition coefficient (Wildman–Crippen LogP) is 5.92. The van der Waals surface area contributed by atoms with Crippen LogP contribution in [0.2, 0.25) is 10.0 Å². The minimum Gasteiger partial charge on any atom is -0.451 e. The van der Waals surface area contributed by atoms with Crippen molar-refractivity contribution >= 4 is 52.1 Å². The van der Waals surface area contributed by atoms with Crippen LogP contribution in [-0.2, 0) is 11.2 Å². The van der Waals surface area contributed by atoms with Crippen LogP contribution in [-0.4, -0.2) is 17.2 Å². The number of halogens is 2. The molecule has 0 aliphatic carbocycles. The highest BCUT2D eigenvalue weighted by atomic mass is 35.5. The van der Waals surface area contributed by atoms with Crippen LogP contribution in [0.4, 0.5) is 5.69 Å². The topological polar surface area (TPSA) is 81.4 Å². The van der Waals surface area contributed by atoms with E-state index < -0.39 is 5.91 Å². The van der Waals surface area contributed by atoms with E-state index in [4.69, 9.17) is 32.4 Å². The molecule has 0 spiro atoms. The van der Waals surface area contributed by atoms with Gasteiger partial charge < -0.3 is 19.3 Å². The number of carbonyl (C=O) groups excluding carboxylic acids is 2. The summed E-state index contributed by atoms with van der Waals surface area (Å²) in [4.78, 5) is 27.2. The molecule has 6 nitrogen and oxygen atoms in total. The number of furan rings is 1. The fourth-order valence-corrected chi connectivity index (χ4v) is 3.22.